The molecule has 0 spiro atoms. The summed E-state index contributed by atoms with van der Waals surface area (Å²) in [6.45, 7) is 0. The van der Waals surface area contributed by atoms with Crippen LogP contribution in [0.4, 0.5) is 8.78 Å². The molecule has 0 aliphatic heterocycles. The van der Waals surface area contributed by atoms with E-state index in [1.807, 2.05) is 0 Å². The van der Waals surface area contributed by atoms with E-state index in [0.29, 0.717) is 0 Å². The fourth-order valence-corrected chi connectivity index (χ4v) is 2.26. The lowest BCUT2D eigenvalue weighted by Crippen LogP contribution is -2.22. The third-order valence-corrected chi connectivity index (χ3v) is 3.19. The number of carbonyl (C=O) groups is 1. The van der Waals surface area contributed by atoms with Crippen LogP contribution < -0.4 is 5.73 Å². The first kappa shape index (κ1) is 13.5. The molecule has 0 bridgehead atoms. The van der Waals surface area contributed by atoms with Gasteiger partial charge in [0.1, 0.15) is 16.9 Å². The van der Waals surface area contributed by atoms with E-state index in [0.717, 1.165) is 18.2 Å². The second kappa shape index (κ2) is 4.76. The van der Waals surface area contributed by atoms with Crippen LogP contribution in [0.5, 0.6) is 0 Å². The Labute approximate surface area is 96.0 Å². The van der Waals surface area contributed by atoms with Crippen molar-refractivity contribution < 1.29 is 26.5 Å². The third-order valence-electron chi connectivity index (χ3n) is 2.07. The molecular weight excluding hydrogens is 256 g/mol. The molecule has 8 heteroatoms. The zero-order valence-electron chi connectivity index (χ0n) is 8.43. The summed E-state index contributed by atoms with van der Waals surface area (Å²) in [6, 6.07) is 2.66. The number of hydrogen-bond acceptors (Lipinski definition) is 3. The van der Waals surface area contributed by atoms with Gasteiger partial charge in [0.05, 0.1) is 0 Å². The highest BCUT2D eigenvalue weighted by atomic mass is 32.2. The van der Waals surface area contributed by atoms with E-state index in [1.165, 1.54) is 0 Å². The van der Waals surface area contributed by atoms with Gasteiger partial charge in [-0.3, -0.25) is 9.35 Å². The van der Waals surface area contributed by atoms with Crippen LogP contribution in [0.15, 0.2) is 18.2 Å². The maximum Gasteiger partial charge on any atom is 0.272 e. The van der Waals surface area contributed by atoms with Crippen molar-refractivity contribution in [2.24, 2.45) is 5.73 Å². The number of benzene rings is 1. The van der Waals surface area contributed by atoms with Crippen LogP contribution in [0.1, 0.15) is 17.2 Å². The van der Waals surface area contributed by atoms with Crippen LogP contribution in [0.3, 0.4) is 0 Å². The summed E-state index contributed by atoms with van der Waals surface area (Å²) >= 11 is 0. The molecule has 0 aromatic heterocycles. The van der Waals surface area contributed by atoms with Crippen LogP contribution in [0, 0.1) is 11.6 Å². The minimum atomic E-state index is -4.84. The van der Waals surface area contributed by atoms with Gasteiger partial charge in [0.25, 0.3) is 10.1 Å². The summed E-state index contributed by atoms with van der Waals surface area (Å²) in [5, 5.41) is -2.04. The summed E-state index contributed by atoms with van der Waals surface area (Å²) in [6.07, 6.45) is -0.906. The predicted molar refractivity (Wildman–Crippen MR) is 54.5 cm³/mol. The first-order valence-electron chi connectivity index (χ1n) is 4.42. The second-order valence-corrected chi connectivity index (χ2v) is 4.91. The number of rotatable bonds is 4. The molecule has 0 heterocycles. The van der Waals surface area contributed by atoms with Gasteiger partial charge in [0.15, 0.2) is 0 Å². The van der Waals surface area contributed by atoms with Gasteiger partial charge >= 0.3 is 0 Å². The highest BCUT2D eigenvalue weighted by Gasteiger charge is 2.32. The van der Waals surface area contributed by atoms with Crippen LogP contribution in [-0.4, -0.2) is 18.9 Å². The summed E-state index contributed by atoms with van der Waals surface area (Å²) in [4.78, 5) is 10.7. The minimum absolute atomic E-state index is 0.817. The molecule has 1 aromatic carbocycles. The molecule has 0 saturated heterocycles. The number of amides is 1. The normalized spacial score (nSPS) is 13.4. The van der Waals surface area contributed by atoms with Gasteiger partial charge in [-0.2, -0.15) is 8.42 Å². The van der Waals surface area contributed by atoms with Crippen molar-refractivity contribution in [1.82, 2.24) is 0 Å². The Kier molecular flexibility index (Phi) is 3.79. The SMILES string of the molecule is NC(=O)CC(c1c(F)cccc1F)S(=O)(=O)O. The molecule has 0 saturated carbocycles. The largest absolute Gasteiger partial charge is 0.370 e. The average molecular weight is 265 g/mol. The van der Waals surface area contributed by atoms with Crippen LogP contribution in [0.25, 0.3) is 0 Å². The summed E-state index contributed by atoms with van der Waals surface area (Å²) in [5.41, 5.74) is 3.87. The molecular formula is C9H9F2NO4S. The molecule has 0 aliphatic carbocycles. The lowest BCUT2D eigenvalue weighted by Gasteiger charge is -2.14. The summed E-state index contributed by atoms with van der Waals surface area (Å²) < 4.78 is 57.5. The molecule has 1 atom stereocenters. The molecule has 1 amide bonds. The van der Waals surface area contributed by atoms with E-state index in [4.69, 9.17) is 10.3 Å². The Morgan fingerprint density at radius 2 is 1.82 bits per heavy atom. The van der Waals surface area contributed by atoms with Crippen molar-refractivity contribution >= 4 is 16.0 Å². The molecule has 1 aromatic rings. The van der Waals surface area contributed by atoms with Crippen molar-refractivity contribution in [2.45, 2.75) is 11.7 Å². The molecule has 94 valence electrons. The van der Waals surface area contributed by atoms with E-state index >= 15 is 0 Å². The van der Waals surface area contributed by atoms with Crippen LogP contribution >= 0.6 is 0 Å². The van der Waals surface area contributed by atoms with Crippen molar-refractivity contribution in [3.05, 3.63) is 35.4 Å². The van der Waals surface area contributed by atoms with Gasteiger partial charge in [0.2, 0.25) is 5.91 Å². The quantitative estimate of drug-likeness (QED) is 0.785. The number of nitrogens with two attached hydrogens (primary N) is 1. The number of carbonyl (C=O) groups excluding carboxylic acids is 1. The molecule has 0 fully saturated rings. The molecule has 5 nitrogen and oxygen atoms in total. The summed E-state index contributed by atoms with van der Waals surface area (Å²) in [7, 11) is -4.84. The van der Waals surface area contributed by atoms with E-state index in [9.17, 15) is 22.0 Å². The van der Waals surface area contributed by atoms with Gasteiger partial charge < -0.3 is 5.73 Å². The lowest BCUT2D eigenvalue weighted by atomic mass is 10.1. The van der Waals surface area contributed by atoms with Gasteiger partial charge in [-0.05, 0) is 12.1 Å². The standard InChI is InChI=1S/C9H9F2NO4S/c10-5-2-1-3-6(11)9(5)7(4-8(12)13)17(14,15)16/h1-3,7H,4H2,(H2,12,13)(H,14,15,16). The molecule has 0 radical (unpaired) electrons. The highest BCUT2D eigenvalue weighted by Crippen LogP contribution is 2.29. The van der Waals surface area contributed by atoms with Crippen LogP contribution in [-0.2, 0) is 14.9 Å². The van der Waals surface area contributed by atoms with Crippen LogP contribution in [0.2, 0.25) is 0 Å². The smallest absolute Gasteiger partial charge is 0.272 e. The fourth-order valence-electron chi connectivity index (χ4n) is 1.36. The lowest BCUT2D eigenvalue weighted by molar-refractivity contribution is -0.118. The van der Waals surface area contributed by atoms with Gasteiger partial charge in [-0.1, -0.05) is 6.07 Å². The Hall–Kier alpha value is -1.54. The second-order valence-electron chi connectivity index (χ2n) is 3.31. The van der Waals surface area contributed by atoms with Gasteiger partial charge in [-0.15, -0.1) is 0 Å². The van der Waals surface area contributed by atoms with E-state index in [1.54, 1.807) is 0 Å². The molecule has 0 aliphatic rings. The first-order chi connectivity index (χ1) is 7.73. The molecule has 1 rings (SSSR count). The minimum Gasteiger partial charge on any atom is -0.370 e. The first-order valence-corrected chi connectivity index (χ1v) is 5.92. The zero-order valence-corrected chi connectivity index (χ0v) is 9.25. The maximum absolute atomic E-state index is 13.3. The highest BCUT2D eigenvalue weighted by molar-refractivity contribution is 7.86. The number of hydrogen-bond donors (Lipinski definition) is 2. The Balaban J connectivity index is 3.37. The zero-order chi connectivity index (χ0) is 13.2. The third kappa shape index (κ3) is 3.21. The Bertz CT molecular complexity index is 524. The monoisotopic (exact) mass is 265 g/mol. The number of halogens is 2. The number of primary amides is 1. The van der Waals surface area contributed by atoms with Crippen molar-refractivity contribution in [1.29, 1.82) is 0 Å². The van der Waals surface area contributed by atoms with Crippen molar-refractivity contribution in [3.8, 4) is 0 Å². The van der Waals surface area contributed by atoms with Gasteiger partial charge in [0, 0.05) is 12.0 Å². The average Bonchev–Trinajstić information content (AvgIpc) is 2.13. The van der Waals surface area contributed by atoms with Gasteiger partial charge in [-0.25, -0.2) is 8.78 Å². The van der Waals surface area contributed by atoms with E-state index < -0.39 is 44.9 Å². The Morgan fingerprint density at radius 3 is 2.18 bits per heavy atom. The molecule has 1 unspecified atom stereocenters. The van der Waals surface area contributed by atoms with Crippen molar-refractivity contribution in [3.63, 3.8) is 0 Å². The molecule has 17 heavy (non-hydrogen) atoms. The van der Waals surface area contributed by atoms with E-state index in [2.05, 4.69) is 0 Å². The predicted octanol–water partition coefficient (Wildman–Crippen LogP) is 0.769. The summed E-state index contributed by atoms with van der Waals surface area (Å²) in [5.74, 6) is -3.45. The molecule has 3 N–H and O–H groups in total. The van der Waals surface area contributed by atoms with E-state index in [-0.39, 0.29) is 0 Å². The fraction of sp³-hybridized carbons (Fsp3) is 0.222. The Morgan fingerprint density at radius 1 is 1.35 bits per heavy atom. The van der Waals surface area contributed by atoms with Crippen molar-refractivity contribution in [2.75, 3.05) is 0 Å². The topological polar surface area (TPSA) is 97.5 Å². The maximum atomic E-state index is 13.3.